The van der Waals surface area contributed by atoms with E-state index in [0.29, 0.717) is 19.3 Å². The van der Waals surface area contributed by atoms with Crippen LogP contribution in [0.4, 0.5) is 0 Å². The number of hydrogen-bond acceptors (Lipinski definition) is 6. The van der Waals surface area contributed by atoms with Gasteiger partial charge < -0.3 is 10.1 Å². The summed E-state index contributed by atoms with van der Waals surface area (Å²) < 4.78 is 5.05. The van der Waals surface area contributed by atoms with E-state index in [1.165, 1.54) is 7.11 Å². The fraction of sp³-hybridized carbons (Fsp3) is 0.757. The number of Topliss-reactive ketones (excluding diaryl/α,β-unsaturated/α-hetero) is 1. The van der Waals surface area contributed by atoms with Gasteiger partial charge in [0.15, 0.2) is 11.6 Å². The molecular formula is C37H52N2O5. The normalized spacial score (nSPS) is 41.0. The van der Waals surface area contributed by atoms with Crippen molar-refractivity contribution in [2.24, 2.45) is 56.2 Å². The minimum Gasteiger partial charge on any atom is -0.467 e. The van der Waals surface area contributed by atoms with Crippen LogP contribution in [0, 0.1) is 67.5 Å². The lowest BCUT2D eigenvalue weighted by Crippen LogP contribution is -2.67. The number of esters is 1. The first-order valence-electron chi connectivity index (χ1n) is 16.6. The molecule has 0 heterocycles. The van der Waals surface area contributed by atoms with Gasteiger partial charge in [-0.2, -0.15) is 5.26 Å². The highest BCUT2D eigenvalue weighted by Gasteiger charge is 2.71. The van der Waals surface area contributed by atoms with Gasteiger partial charge in [-0.15, -0.1) is 0 Å². The number of allylic oxidation sites excluding steroid dienone is 4. The summed E-state index contributed by atoms with van der Waals surface area (Å²) in [6.45, 7) is 18.9. The molecular weight excluding hydrogens is 552 g/mol. The van der Waals surface area contributed by atoms with Gasteiger partial charge in [-0.25, -0.2) is 4.79 Å². The third kappa shape index (κ3) is 4.25. The second-order valence-corrected chi connectivity index (χ2v) is 17.1. The van der Waals surface area contributed by atoms with Crippen molar-refractivity contribution in [2.75, 3.05) is 7.11 Å². The summed E-state index contributed by atoms with van der Waals surface area (Å²) in [5.74, 6) is -1.28. The molecule has 7 nitrogen and oxygen atoms in total. The quantitative estimate of drug-likeness (QED) is 0.366. The minimum absolute atomic E-state index is 0.0137. The first-order valence-corrected chi connectivity index (χ1v) is 16.6. The highest BCUT2D eigenvalue weighted by molar-refractivity contribution is 6.04. The maximum atomic E-state index is 14.7. The molecule has 5 aliphatic rings. The number of amides is 1. The minimum atomic E-state index is -0.745. The molecule has 1 amide bonds. The number of methoxy groups -OCH3 is 1. The molecule has 0 bridgehead atoms. The molecule has 7 heteroatoms. The van der Waals surface area contributed by atoms with Crippen molar-refractivity contribution in [3.63, 3.8) is 0 Å². The molecule has 0 aromatic carbocycles. The Morgan fingerprint density at radius 1 is 1.00 bits per heavy atom. The van der Waals surface area contributed by atoms with Gasteiger partial charge in [-0.1, -0.05) is 74.0 Å². The first kappa shape index (κ1) is 32.6. The van der Waals surface area contributed by atoms with E-state index >= 15 is 0 Å². The van der Waals surface area contributed by atoms with Gasteiger partial charge in [-0.05, 0) is 85.0 Å². The molecule has 240 valence electrons. The SMILES string of the molecule is COC(=O)C(NC(=O)[C@]12CCC(C)(C)C[C@H]1[C@H]1C(=O)C=C3[C@@]4(C)C=C(C#N)C(=O)C(C)(C)[C@@H]4CC[C@@]3(C)[C@]1(C)CC2)C(C)C. The van der Waals surface area contributed by atoms with Crippen LogP contribution < -0.4 is 5.32 Å². The maximum absolute atomic E-state index is 14.7. The second-order valence-electron chi connectivity index (χ2n) is 17.1. The fourth-order valence-corrected chi connectivity index (χ4v) is 10.9. The van der Waals surface area contributed by atoms with E-state index in [2.05, 4.69) is 46.0 Å². The summed E-state index contributed by atoms with van der Waals surface area (Å²) >= 11 is 0. The maximum Gasteiger partial charge on any atom is 0.328 e. The molecule has 8 atom stereocenters. The molecule has 0 saturated heterocycles. The molecule has 5 rings (SSSR count). The Morgan fingerprint density at radius 2 is 1.64 bits per heavy atom. The topological polar surface area (TPSA) is 113 Å². The second kappa shape index (κ2) is 10.1. The lowest BCUT2D eigenvalue weighted by Gasteiger charge is -2.69. The summed E-state index contributed by atoms with van der Waals surface area (Å²) in [7, 11) is 1.35. The fourth-order valence-electron chi connectivity index (χ4n) is 10.9. The zero-order valence-electron chi connectivity index (χ0n) is 28.5. The smallest absolute Gasteiger partial charge is 0.328 e. The van der Waals surface area contributed by atoms with Gasteiger partial charge in [0, 0.05) is 16.7 Å². The monoisotopic (exact) mass is 604 g/mol. The van der Waals surface area contributed by atoms with Gasteiger partial charge >= 0.3 is 5.97 Å². The van der Waals surface area contributed by atoms with Crippen molar-refractivity contribution in [1.82, 2.24) is 5.32 Å². The van der Waals surface area contributed by atoms with Crippen LogP contribution >= 0.6 is 0 Å². The average Bonchev–Trinajstić information content (AvgIpc) is 2.94. The van der Waals surface area contributed by atoms with E-state index in [1.54, 1.807) is 0 Å². The average molecular weight is 605 g/mol. The lowest BCUT2D eigenvalue weighted by atomic mass is 9.34. The van der Waals surface area contributed by atoms with Crippen LogP contribution in [-0.2, 0) is 23.9 Å². The van der Waals surface area contributed by atoms with Crippen molar-refractivity contribution in [3.05, 3.63) is 23.3 Å². The Hall–Kier alpha value is -2.75. The number of carbonyl (C=O) groups excluding carboxylic acids is 4. The summed E-state index contributed by atoms with van der Waals surface area (Å²) in [4.78, 5) is 55.1. The van der Waals surface area contributed by atoms with Crippen LogP contribution in [0.3, 0.4) is 0 Å². The van der Waals surface area contributed by atoms with E-state index in [9.17, 15) is 24.4 Å². The number of fused-ring (bicyclic) bond motifs is 7. The number of rotatable bonds is 4. The van der Waals surface area contributed by atoms with E-state index in [4.69, 9.17) is 4.74 Å². The zero-order chi connectivity index (χ0) is 32.8. The standard InChI is InChI=1S/C37H52N2O5/c1-21(2)28(30(42)44-10)39-31(43)37-15-13-32(3,4)19-23(37)27-24(40)17-26-34(7)18-22(20-38)29(41)33(5,6)25(34)11-12-35(26,8)36(27,9)14-16-37/h17-18,21,23,25,27-28H,11-16,19H2,1-10H3,(H,39,43)/t23-,25-,27-,28?,34-,35+,36+,37-/m0/s1. The van der Waals surface area contributed by atoms with Crippen molar-refractivity contribution < 1.29 is 23.9 Å². The molecule has 0 aromatic rings. The predicted octanol–water partition coefficient (Wildman–Crippen LogP) is 6.52. The Labute approximate surface area is 263 Å². The highest BCUT2D eigenvalue weighted by atomic mass is 16.5. The van der Waals surface area contributed by atoms with Gasteiger partial charge in [-0.3, -0.25) is 14.4 Å². The molecule has 5 aliphatic carbocycles. The van der Waals surface area contributed by atoms with E-state index in [-0.39, 0.29) is 57.5 Å². The van der Waals surface area contributed by atoms with E-state index < -0.39 is 33.7 Å². The summed E-state index contributed by atoms with van der Waals surface area (Å²) in [5, 5.41) is 13.1. The molecule has 3 fully saturated rings. The molecule has 3 saturated carbocycles. The highest BCUT2D eigenvalue weighted by Crippen LogP contribution is 2.74. The van der Waals surface area contributed by atoms with Gasteiger partial charge in [0.25, 0.3) is 0 Å². The molecule has 1 N–H and O–H groups in total. The van der Waals surface area contributed by atoms with Crippen LogP contribution in [0.1, 0.15) is 107 Å². The molecule has 0 aromatic heterocycles. The lowest BCUT2D eigenvalue weighted by molar-refractivity contribution is -0.179. The first-order chi connectivity index (χ1) is 20.3. The number of hydrogen-bond donors (Lipinski definition) is 1. The number of nitrogens with zero attached hydrogens (tertiary/aromatic N) is 1. The van der Waals surface area contributed by atoms with E-state index in [0.717, 1.165) is 31.3 Å². The van der Waals surface area contributed by atoms with Gasteiger partial charge in [0.05, 0.1) is 18.1 Å². The van der Waals surface area contributed by atoms with Crippen molar-refractivity contribution in [2.45, 2.75) is 113 Å². The largest absolute Gasteiger partial charge is 0.467 e. The summed E-state index contributed by atoms with van der Waals surface area (Å²) in [6.07, 6.45) is 9.09. The van der Waals surface area contributed by atoms with E-state index in [1.807, 2.05) is 39.8 Å². The Morgan fingerprint density at radius 3 is 2.23 bits per heavy atom. The Bertz CT molecular complexity index is 1410. The van der Waals surface area contributed by atoms with Crippen LogP contribution in [0.15, 0.2) is 23.3 Å². The molecule has 0 aliphatic heterocycles. The van der Waals surface area contributed by atoms with Crippen LogP contribution in [0.5, 0.6) is 0 Å². The molecule has 44 heavy (non-hydrogen) atoms. The summed E-state index contributed by atoms with van der Waals surface area (Å²) in [6, 6.07) is 1.43. The third-order valence-corrected chi connectivity index (χ3v) is 13.7. The number of nitrogens with one attached hydrogen (secondary N) is 1. The number of ketones is 2. The molecule has 0 spiro atoms. The number of carbonyl (C=O) groups is 4. The van der Waals surface area contributed by atoms with Gasteiger partial charge in [0.1, 0.15) is 12.1 Å². The molecule has 0 radical (unpaired) electrons. The van der Waals surface area contributed by atoms with Crippen molar-refractivity contribution >= 4 is 23.4 Å². The van der Waals surface area contributed by atoms with Crippen LogP contribution in [-0.4, -0.2) is 36.6 Å². The number of nitriles is 1. The third-order valence-electron chi connectivity index (χ3n) is 13.7. The predicted molar refractivity (Wildman–Crippen MR) is 168 cm³/mol. The zero-order valence-corrected chi connectivity index (χ0v) is 28.5. The Balaban J connectivity index is 1.64. The van der Waals surface area contributed by atoms with Crippen molar-refractivity contribution in [1.29, 1.82) is 5.26 Å². The molecule has 1 unspecified atom stereocenters. The van der Waals surface area contributed by atoms with Crippen molar-refractivity contribution in [3.8, 4) is 6.07 Å². The Kier molecular flexibility index (Phi) is 7.51. The summed E-state index contributed by atoms with van der Waals surface area (Å²) in [5.41, 5.74) is -1.59. The van der Waals surface area contributed by atoms with Crippen LogP contribution in [0.25, 0.3) is 0 Å². The van der Waals surface area contributed by atoms with Gasteiger partial charge in [0.2, 0.25) is 5.91 Å². The van der Waals surface area contributed by atoms with Crippen LogP contribution in [0.2, 0.25) is 0 Å². The number of ether oxygens (including phenoxy) is 1.